The Morgan fingerprint density at radius 2 is 1.29 bits per heavy atom. The maximum absolute atomic E-state index is 5.56. The molecule has 7 nitrogen and oxygen atoms in total. The Hall–Kier alpha value is -3.65. The molecule has 1 heterocycles. The fourth-order valence-corrected chi connectivity index (χ4v) is 4.67. The molecule has 0 aliphatic rings. The number of nitrogens with zero attached hydrogens (tertiary/aromatic N) is 2. The summed E-state index contributed by atoms with van der Waals surface area (Å²) in [7, 11) is 8.14. The Kier molecular flexibility index (Phi) is 7.51. The lowest BCUT2D eigenvalue weighted by molar-refractivity contribution is 0.355. The number of aromatic nitrogens is 2. The highest BCUT2D eigenvalue weighted by Crippen LogP contribution is 2.42. The summed E-state index contributed by atoms with van der Waals surface area (Å²) in [4.78, 5) is 0. The summed E-state index contributed by atoms with van der Waals surface area (Å²) < 4.78 is 30.1. The lowest BCUT2D eigenvalue weighted by Gasteiger charge is -2.12. The van der Waals surface area contributed by atoms with Crippen LogP contribution in [-0.2, 0) is 6.54 Å². The second kappa shape index (κ2) is 10.7. The summed E-state index contributed by atoms with van der Waals surface area (Å²) in [6.07, 6.45) is 0. The van der Waals surface area contributed by atoms with Crippen molar-refractivity contribution in [1.29, 1.82) is 0 Å². The van der Waals surface area contributed by atoms with E-state index in [4.69, 9.17) is 28.8 Å². The molecule has 8 heteroatoms. The van der Waals surface area contributed by atoms with E-state index in [1.807, 2.05) is 65.3 Å². The van der Waals surface area contributed by atoms with Gasteiger partial charge in [0, 0.05) is 11.1 Å². The molecule has 0 amide bonds. The van der Waals surface area contributed by atoms with Crippen LogP contribution >= 0.6 is 15.9 Å². The van der Waals surface area contributed by atoms with E-state index in [9.17, 15) is 0 Å². The van der Waals surface area contributed by atoms with Crippen LogP contribution in [0.25, 0.3) is 22.5 Å². The average molecular weight is 539 g/mol. The smallest absolute Gasteiger partial charge is 0.161 e. The molecule has 1 aromatic heterocycles. The van der Waals surface area contributed by atoms with Gasteiger partial charge in [0.1, 0.15) is 11.4 Å². The normalized spacial score (nSPS) is 10.7. The van der Waals surface area contributed by atoms with Gasteiger partial charge in [0.25, 0.3) is 0 Å². The Balaban J connectivity index is 1.89. The van der Waals surface area contributed by atoms with Gasteiger partial charge in [-0.2, -0.15) is 5.10 Å². The third-order valence-electron chi connectivity index (χ3n) is 5.68. The van der Waals surface area contributed by atoms with E-state index in [2.05, 4.69) is 15.9 Å². The number of benzene rings is 3. The first-order valence-corrected chi connectivity index (χ1v) is 11.7. The van der Waals surface area contributed by atoms with E-state index in [0.717, 1.165) is 38.3 Å². The molecule has 3 aromatic carbocycles. The van der Waals surface area contributed by atoms with Crippen molar-refractivity contribution in [3.05, 3.63) is 70.7 Å². The number of ether oxygens (including phenoxy) is 5. The fraction of sp³-hybridized carbons (Fsp3) is 0.222. The molecule has 0 spiro atoms. The lowest BCUT2D eigenvalue weighted by Crippen LogP contribution is -2.04. The Morgan fingerprint density at radius 1 is 0.686 bits per heavy atom. The van der Waals surface area contributed by atoms with Crippen molar-refractivity contribution < 1.29 is 23.7 Å². The molecule has 0 N–H and O–H groups in total. The average Bonchev–Trinajstić information content (AvgIpc) is 3.22. The number of halogens is 1. The maximum Gasteiger partial charge on any atom is 0.161 e. The van der Waals surface area contributed by atoms with E-state index in [1.54, 1.807) is 35.5 Å². The minimum atomic E-state index is 0.534. The Labute approximate surface area is 213 Å². The largest absolute Gasteiger partial charge is 0.497 e. The van der Waals surface area contributed by atoms with Crippen LogP contribution in [0.3, 0.4) is 0 Å². The molecule has 4 rings (SSSR count). The van der Waals surface area contributed by atoms with E-state index in [0.29, 0.717) is 29.5 Å². The summed E-state index contributed by atoms with van der Waals surface area (Å²) in [5.74, 6) is 3.38. The second-order valence-electron chi connectivity index (χ2n) is 7.66. The van der Waals surface area contributed by atoms with Crippen molar-refractivity contribution in [3.8, 4) is 51.3 Å². The van der Waals surface area contributed by atoms with Crippen LogP contribution in [0.15, 0.2) is 65.1 Å². The predicted molar refractivity (Wildman–Crippen MR) is 139 cm³/mol. The second-order valence-corrected chi connectivity index (χ2v) is 8.45. The lowest BCUT2D eigenvalue weighted by atomic mass is 10.1. The molecule has 182 valence electrons. The number of rotatable bonds is 9. The van der Waals surface area contributed by atoms with Gasteiger partial charge < -0.3 is 23.7 Å². The van der Waals surface area contributed by atoms with Gasteiger partial charge in [-0.15, -0.1) is 0 Å². The van der Waals surface area contributed by atoms with Crippen molar-refractivity contribution in [2.75, 3.05) is 35.5 Å². The summed E-state index contributed by atoms with van der Waals surface area (Å²) in [5.41, 5.74) is 4.55. The molecule has 35 heavy (non-hydrogen) atoms. The third kappa shape index (κ3) is 4.93. The van der Waals surface area contributed by atoms with Crippen molar-refractivity contribution in [2.24, 2.45) is 0 Å². The van der Waals surface area contributed by atoms with Gasteiger partial charge in [0.05, 0.1) is 52.3 Å². The van der Waals surface area contributed by atoms with Gasteiger partial charge in [0.2, 0.25) is 0 Å². The number of hydrogen-bond acceptors (Lipinski definition) is 6. The van der Waals surface area contributed by atoms with E-state index in [1.165, 1.54) is 0 Å². The molecule has 0 saturated carbocycles. The van der Waals surface area contributed by atoms with Crippen molar-refractivity contribution in [2.45, 2.75) is 6.54 Å². The summed E-state index contributed by atoms with van der Waals surface area (Å²) >= 11 is 3.83. The van der Waals surface area contributed by atoms with Gasteiger partial charge in [-0.05, 0) is 70.0 Å². The molecule has 0 radical (unpaired) electrons. The van der Waals surface area contributed by atoms with Gasteiger partial charge >= 0.3 is 0 Å². The number of hydrogen-bond donors (Lipinski definition) is 0. The van der Waals surface area contributed by atoms with Crippen LogP contribution in [0.2, 0.25) is 0 Å². The van der Waals surface area contributed by atoms with Crippen LogP contribution in [0.5, 0.6) is 28.7 Å². The molecule has 0 unspecified atom stereocenters. The predicted octanol–water partition coefficient (Wildman–Crippen LogP) is 6.07. The van der Waals surface area contributed by atoms with Crippen LogP contribution in [-0.4, -0.2) is 45.3 Å². The van der Waals surface area contributed by atoms with Gasteiger partial charge in [-0.25, -0.2) is 0 Å². The molecular weight excluding hydrogens is 512 g/mol. The summed E-state index contributed by atoms with van der Waals surface area (Å²) in [5, 5.41) is 5.00. The summed E-state index contributed by atoms with van der Waals surface area (Å²) in [6.45, 7) is 0.534. The van der Waals surface area contributed by atoms with Gasteiger partial charge in [-0.1, -0.05) is 12.1 Å². The highest BCUT2D eigenvalue weighted by Gasteiger charge is 2.21. The van der Waals surface area contributed by atoms with Crippen molar-refractivity contribution in [3.63, 3.8) is 0 Å². The first-order valence-electron chi connectivity index (χ1n) is 10.9. The van der Waals surface area contributed by atoms with Gasteiger partial charge in [-0.3, -0.25) is 4.68 Å². The number of methoxy groups -OCH3 is 5. The molecule has 0 fully saturated rings. The topological polar surface area (TPSA) is 64.0 Å². The molecular formula is C27H27BrN2O5. The molecule has 0 saturated heterocycles. The van der Waals surface area contributed by atoms with E-state index < -0.39 is 0 Å². The Bertz CT molecular complexity index is 1340. The van der Waals surface area contributed by atoms with Crippen LogP contribution in [0, 0.1) is 0 Å². The quantitative estimate of drug-likeness (QED) is 0.257. The van der Waals surface area contributed by atoms with Crippen molar-refractivity contribution >= 4 is 15.9 Å². The van der Waals surface area contributed by atoms with Crippen LogP contribution in [0.1, 0.15) is 5.56 Å². The first kappa shape index (κ1) is 24.5. The highest BCUT2D eigenvalue weighted by atomic mass is 79.9. The molecule has 4 aromatic rings. The van der Waals surface area contributed by atoms with Crippen molar-refractivity contribution in [1.82, 2.24) is 9.78 Å². The maximum atomic E-state index is 5.56. The van der Waals surface area contributed by atoms with Crippen LogP contribution in [0.4, 0.5) is 0 Å². The Morgan fingerprint density at radius 3 is 1.89 bits per heavy atom. The van der Waals surface area contributed by atoms with E-state index >= 15 is 0 Å². The minimum Gasteiger partial charge on any atom is -0.497 e. The minimum absolute atomic E-state index is 0.534. The summed E-state index contributed by atoms with van der Waals surface area (Å²) in [6, 6.07) is 19.5. The van der Waals surface area contributed by atoms with Crippen LogP contribution < -0.4 is 23.7 Å². The molecule has 0 atom stereocenters. The standard InChI is InChI=1S/C27H27BrN2O5/c1-31-20-8-6-7-17(13-20)16-30-27(19-10-12-22(33-3)24(15-19)35-5)25(28)26(29-30)18-9-11-21(32-2)23(14-18)34-4/h6-15H,16H2,1-5H3. The zero-order chi connectivity index (χ0) is 24.9. The highest BCUT2D eigenvalue weighted by molar-refractivity contribution is 9.10. The fourth-order valence-electron chi connectivity index (χ4n) is 3.93. The molecule has 0 bridgehead atoms. The molecule has 0 aliphatic carbocycles. The zero-order valence-electron chi connectivity index (χ0n) is 20.3. The monoisotopic (exact) mass is 538 g/mol. The first-order chi connectivity index (χ1) is 17.0. The SMILES string of the molecule is COc1cccc(Cn2nc(-c3ccc(OC)c(OC)c3)c(Br)c2-c2ccc(OC)c(OC)c2)c1. The van der Waals surface area contributed by atoms with E-state index in [-0.39, 0.29) is 0 Å². The molecule has 0 aliphatic heterocycles. The zero-order valence-corrected chi connectivity index (χ0v) is 21.9. The third-order valence-corrected chi connectivity index (χ3v) is 6.43. The van der Waals surface area contributed by atoms with Gasteiger partial charge in [0.15, 0.2) is 23.0 Å².